The molecule has 0 amide bonds. The van der Waals surface area contributed by atoms with Crippen LogP contribution in [0.5, 0.6) is 0 Å². The summed E-state index contributed by atoms with van der Waals surface area (Å²) >= 11 is 11.4. The summed E-state index contributed by atoms with van der Waals surface area (Å²) in [5.41, 5.74) is 1.27. The largest absolute Gasteiger partial charge is 0.192 e. The maximum absolute atomic E-state index is 8.60. The lowest BCUT2D eigenvalue weighted by molar-refractivity contribution is 1.29. The Hall–Kier alpha value is -1.15. The molecule has 0 aliphatic carbocycles. The molecule has 0 atom stereocenters. The molecule has 3 heteroatoms. The third-order valence-corrected chi connectivity index (χ3v) is 2.04. The van der Waals surface area contributed by atoms with Crippen molar-refractivity contribution >= 4 is 23.2 Å². The third-order valence-electron chi connectivity index (χ3n) is 1.54. The lowest BCUT2D eigenvalue weighted by Gasteiger charge is -1.95. The lowest BCUT2D eigenvalue weighted by Crippen LogP contribution is -1.80. The lowest BCUT2D eigenvalue weighted by atomic mass is 10.1. The minimum absolute atomic E-state index is 0.506. The van der Waals surface area contributed by atoms with Crippen LogP contribution < -0.4 is 0 Å². The maximum atomic E-state index is 8.60. The summed E-state index contributed by atoms with van der Waals surface area (Å²) in [5.74, 6) is 6.28. The Labute approximate surface area is 93.3 Å². The van der Waals surface area contributed by atoms with Gasteiger partial charge in [0.1, 0.15) is 0 Å². The molecule has 0 unspecified atom stereocenters. The summed E-state index contributed by atoms with van der Waals surface area (Å²) < 4.78 is 0. The SMILES string of the molecule is N#Cc1ccc(C#CCCCl)c(Cl)c1. The van der Waals surface area contributed by atoms with E-state index in [9.17, 15) is 0 Å². The van der Waals surface area contributed by atoms with Gasteiger partial charge in [-0.2, -0.15) is 5.26 Å². The van der Waals surface area contributed by atoms with E-state index >= 15 is 0 Å². The first-order valence-electron chi connectivity index (χ1n) is 4.02. The fraction of sp³-hybridized carbons (Fsp3) is 0.182. The van der Waals surface area contributed by atoms with Gasteiger partial charge in [-0.05, 0) is 18.2 Å². The van der Waals surface area contributed by atoms with Gasteiger partial charge in [-0.3, -0.25) is 0 Å². The highest BCUT2D eigenvalue weighted by Crippen LogP contribution is 2.16. The van der Waals surface area contributed by atoms with Gasteiger partial charge in [-0.25, -0.2) is 0 Å². The second-order valence-corrected chi connectivity index (χ2v) is 3.33. The number of nitriles is 1. The van der Waals surface area contributed by atoms with Crippen LogP contribution in [0.1, 0.15) is 17.5 Å². The Balaban J connectivity index is 2.92. The van der Waals surface area contributed by atoms with Crippen molar-refractivity contribution in [2.75, 3.05) is 5.88 Å². The molecule has 1 aromatic rings. The molecule has 0 saturated heterocycles. The molecular formula is C11H7Cl2N. The van der Waals surface area contributed by atoms with Gasteiger partial charge < -0.3 is 0 Å². The number of halogens is 2. The zero-order valence-corrected chi connectivity index (χ0v) is 8.86. The summed E-state index contributed by atoms with van der Waals surface area (Å²) in [7, 11) is 0. The highest BCUT2D eigenvalue weighted by molar-refractivity contribution is 6.31. The highest BCUT2D eigenvalue weighted by Gasteiger charge is 1.97. The van der Waals surface area contributed by atoms with Crippen LogP contribution in [0.3, 0.4) is 0 Å². The standard InChI is InChI=1S/C11H7Cl2N/c12-6-2-1-3-10-5-4-9(8-14)7-11(10)13/h4-5,7H,2,6H2. The summed E-state index contributed by atoms with van der Waals surface area (Å²) in [5, 5.41) is 9.11. The van der Waals surface area contributed by atoms with Crippen LogP contribution in [-0.4, -0.2) is 5.88 Å². The summed E-state index contributed by atoms with van der Waals surface area (Å²) in [4.78, 5) is 0. The first-order valence-corrected chi connectivity index (χ1v) is 4.93. The molecule has 1 nitrogen and oxygen atoms in total. The molecule has 0 N–H and O–H groups in total. The van der Waals surface area contributed by atoms with Crippen molar-refractivity contribution in [1.29, 1.82) is 5.26 Å². The predicted molar refractivity (Wildman–Crippen MR) is 58.4 cm³/mol. The van der Waals surface area contributed by atoms with Crippen LogP contribution in [-0.2, 0) is 0 Å². The first kappa shape index (κ1) is 10.9. The molecule has 0 aliphatic heterocycles. The van der Waals surface area contributed by atoms with Crippen LogP contribution in [0.2, 0.25) is 5.02 Å². The third kappa shape index (κ3) is 2.96. The van der Waals surface area contributed by atoms with Crippen molar-refractivity contribution < 1.29 is 0 Å². The molecule has 0 bridgehead atoms. The van der Waals surface area contributed by atoms with E-state index in [1.165, 1.54) is 0 Å². The Bertz CT molecular complexity index is 421. The Morgan fingerprint density at radius 2 is 2.14 bits per heavy atom. The summed E-state index contributed by atoms with van der Waals surface area (Å²) in [6.07, 6.45) is 0.637. The second-order valence-electron chi connectivity index (χ2n) is 2.55. The van der Waals surface area contributed by atoms with Crippen molar-refractivity contribution in [2.45, 2.75) is 6.42 Å². The van der Waals surface area contributed by atoms with Gasteiger partial charge >= 0.3 is 0 Å². The van der Waals surface area contributed by atoms with Gasteiger partial charge in [-0.1, -0.05) is 23.4 Å². The molecule has 0 aliphatic rings. The van der Waals surface area contributed by atoms with Crippen LogP contribution in [0, 0.1) is 23.2 Å². The van der Waals surface area contributed by atoms with E-state index in [0.29, 0.717) is 22.9 Å². The van der Waals surface area contributed by atoms with E-state index in [0.717, 1.165) is 5.56 Å². The fourth-order valence-corrected chi connectivity index (χ4v) is 1.21. The maximum Gasteiger partial charge on any atom is 0.0992 e. The van der Waals surface area contributed by atoms with Gasteiger partial charge in [-0.15, -0.1) is 11.6 Å². The van der Waals surface area contributed by atoms with Crippen LogP contribution in [0.4, 0.5) is 0 Å². The Kier molecular flexibility index (Phi) is 4.33. The quantitative estimate of drug-likeness (QED) is 0.530. The fourth-order valence-electron chi connectivity index (χ4n) is 0.891. The molecule has 0 saturated carbocycles. The van der Waals surface area contributed by atoms with E-state index in [1.54, 1.807) is 18.2 Å². The Morgan fingerprint density at radius 1 is 1.36 bits per heavy atom. The van der Waals surface area contributed by atoms with Crippen LogP contribution in [0.25, 0.3) is 0 Å². The first-order chi connectivity index (χ1) is 6.77. The van der Waals surface area contributed by atoms with Crippen molar-refractivity contribution in [3.8, 4) is 17.9 Å². The van der Waals surface area contributed by atoms with E-state index in [2.05, 4.69) is 11.8 Å². The van der Waals surface area contributed by atoms with Crippen LogP contribution >= 0.6 is 23.2 Å². The number of rotatable bonds is 1. The molecular weight excluding hydrogens is 217 g/mol. The van der Waals surface area contributed by atoms with Crippen molar-refractivity contribution in [3.63, 3.8) is 0 Å². The molecule has 1 aromatic carbocycles. The molecule has 0 fully saturated rings. The normalized spacial score (nSPS) is 8.64. The minimum Gasteiger partial charge on any atom is -0.192 e. The number of benzene rings is 1. The zero-order valence-electron chi connectivity index (χ0n) is 7.35. The monoisotopic (exact) mass is 223 g/mol. The highest BCUT2D eigenvalue weighted by atomic mass is 35.5. The molecule has 0 spiro atoms. The molecule has 70 valence electrons. The molecule has 0 heterocycles. The van der Waals surface area contributed by atoms with Gasteiger partial charge in [0.05, 0.1) is 16.7 Å². The van der Waals surface area contributed by atoms with E-state index in [1.807, 2.05) is 6.07 Å². The second kappa shape index (κ2) is 5.55. The number of nitrogens with zero attached hydrogens (tertiary/aromatic N) is 1. The van der Waals surface area contributed by atoms with E-state index in [-0.39, 0.29) is 0 Å². The molecule has 14 heavy (non-hydrogen) atoms. The molecule has 0 aromatic heterocycles. The van der Waals surface area contributed by atoms with E-state index in [4.69, 9.17) is 28.5 Å². The minimum atomic E-state index is 0.506. The summed E-state index contributed by atoms with van der Waals surface area (Å²) in [6.45, 7) is 0. The molecule has 0 radical (unpaired) electrons. The Morgan fingerprint density at radius 3 is 2.71 bits per heavy atom. The van der Waals surface area contributed by atoms with E-state index < -0.39 is 0 Å². The summed E-state index contributed by atoms with van der Waals surface area (Å²) in [6, 6.07) is 7.04. The number of alkyl halides is 1. The number of hydrogen-bond acceptors (Lipinski definition) is 1. The van der Waals surface area contributed by atoms with Gasteiger partial charge in [0.15, 0.2) is 0 Å². The van der Waals surface area contributed by atoms with Crippen LogP contribution in [0.15, 0.2) is 18.2 Å². The predicted octanol–water partition coefficient (Wildman–Crippen LogP) is 3.19. The topological polar surface area (TPSA) is 23.8 Å². The van der Waals surface area contributed by atoms with Gasteiger partial charge in [0, 0.05) is 17.9 Å². The molecule has 1 rings (SSSR count). The van der Waals surface area contributed by atoms with Gasteiger partial charge in [0.25, 0.3) is 0 Å². The average molecular weight is 224 g/mol. The average Bonchev–Trinajstić information content (AvgIpc) is 2.20. The van der Waals surface area contributed by atoms with Crippen molar-refractivity contribution in [1.82, 2.24) is 0 Å². The van der Waals surface area contributed by atoms with Gasteiger partial charge in [0.2, 0.25) is 0 Å². The zero-order chi connectivity index (χ0) is 10.4. The number of hydrogen-bond donors (Lipinski definition) is 0. The smallest absolute Gasteiger partial charge is 0.0992 e. The van der Waals surface area contributed by atoms with Crippen molar-refractivity contribution in [3.05, 3.63) is 34.3 Å². The van der Waals surface area contributed by atoms with Crippen molar-refractivity contribution in [2.24, 2.45) is 0 Å².